The van der Waals surface area contributed by atoms with Crippen LogP contribution < -0.4 is 10.5 Å². The van der Waals surface area contributed by atoms with Crippen molar-refractivity contribution in [3.05, 3.63) is 52.8 Å². The van der Waals surface area contributed by atoms with E-state index in [1.807, 2.05) is 32.0 Å². The average molecular weight is 268 g/mol. The molecule has 1 aromatic carbocycles. The fourth-order valence-electron chi connectivity index (χ4n) is 2.47. The zero-order valence-corrected chi connectivity index (χ0v) is 11.5. The third-order valence-corrected chi connectivity index (χ3v) is 3.83. The third-order valence-electron chi connectivity index (χ3n) is 3.83. The van der Waals surface area contributed by atoms with Crippen LogP contribution >= 0.6 is 0 Å². The number of nitrogen functional groups attached to an aromatic ring is 1. The average Bonchev–Trinajstić information content (AvgIpc) is 2.47. The first-order chi connectivity index (χ1) is 9.58. The third kappa shape index (κ3) is 1.93. The zero-order valence-electron chi connectivity index (χ0n) is 11.5. The Kier molecular flexibility index (Phi) is 2.93. The normalized spacial score (nSPS) is 17.5. The maximum atomic E-state index is 12.3. The van der Waals surface area contributed by atoms with Crippen LogP contribution in [0.2, 0.25) is 0 Å². The maximum absolute atomic E-state index is 12.3. The largest absolute Gasteiger partial charge is 0.483 e. The van der Waals surface area contributed by atoms with E-state index in [9.17, 15) is 4.79 Å². The molecule has 2 aromatic rings. The Bertz CT molecular complexity index is 681. The molecule has 1 unspecified atom stereocenters. The van der Waals surface area contributed by atoms with Gasteiger partial charge in [-0.1, -0.05) is 6.07 Å². The molecular weight excluding hydrogens is 252 g/mol. The summed E-state index contributed by atoms with van der Waals surface area (Å²) in [5.74, 6) is 0.695. The van der Waals surface area contributed by atoms with E-state index in [1.165, 1.54) is 0 Å². The molecule has 0 bridgehead atoms. The van der Waals surface area contributed by atoms with Gasteiger partial charge < -0.3 is 10.5 Å². The van der Waals surface area contributed by atoms with Crippen molar-refractivity contribution < 1.29 is 9.53 Å². The van der Waals surface area contributed by atoms with Crippen molar-refractivity contribution in [1.29, 1.82) is 0 Å². The number of fused-ring (bicyclic) bond motifs is 1. The van der Waals surface area contributed by atoms with Gasteiger partial charge in [-0.3, -0.25) is 9.78 Å². The van der Waals surface area contributed by atoms with Crippen LogP contribution in [0.3, 0.4) is 0 Å². The number of anilines is 1. The van der Waals surface area contributed by atoms with Crippen LogP contribution in [0.4, 0.5) is 5.69 Å². The predicted molar refractivity (Wildman–Crippen MR) is 76.9 cm³/mol. The number of nitrogens with two attached hydrogens (primary N) is 1. The van der Waals surface area contributed by atoms with Gasteiger partial charge in [0.25, 0.3) is 0 Å². The van der Waals surface area contributed by atoms with Gasteiger partial charge in [-0.05, 0) is 43.2 Å². The lowest BCUT2D eigenvalue weighted by Gasteiger charge is -2.27. The zero-order chi connectivity index (χ0) is 14.3. The van der Waals surface area contributed by atoms with Gasteiger partial charge in [0.05, 0.1) is 17.7 Å². The van der Waals surface area contributed by atoms with E-state index >= 15 is 0 Å². The van der Waals surface area contributed by atoms with E-state index in [0.717, 1.165) is 16.8 Å². The second kappa shape index (κ2) is 4.63. The highest BCUT2D eigenvalue weighted by atomic mass is 16.5. The molecule has 20 heavy (non-hydrogen) atoms. The molecule has 4 heteroatoms. The number of carbonyl (C=O) groups excluding carboxylic acids is 1. The summed E-state index contributed by atoms with van der Waals surface area (Å²) in [7, 11) is 0. The quantitative estimate of drug-likeness (QED) is 0.807. The van der Waals surface area contributed by atoms with Crippen LogP contribution in [0, 0.1) is 13.8 Å². The van der Waals surface area contributed by atoms with Crippen LogP contribution in [-0.4, -0.2) is 10.8 Å². The number of Topliss-reactive ketones (excluding diaryl/α,β-unsaturated/α-hetero) is 1. The number of hydrogen-bond acceptors (Lipinski definition) is 4. The first-order valence-corrected chi connectivity index (χ1v) is 6.58. The molecule has 2 N–H and O–H groups in total. The second-order valence-electron chi connectivity index (χ2n) is 5.08. The van der Waals surface area contributed by atoms with Gasteiger partial charge >= 0.3 is 0 Å². The van der Waals surface area contributed by atoms with Gasteiger partial charge in [-0.2, -0.15) is 0 Å². The van der Waals surface area contributed by atoms with Gasteiger partial charge in [0.2, 0.25) is 0 Å². The fraction of sp³-hybridized carbons (Fsp3) is 0.250. The van der Waals surface area contributed by atoms with Crippen molar-refractivity contribution in [2.45, 2.75) is 26.4 Å². The SMILES string of the molecule is Cc1c(N)cc2c(c1C)OC(c1ccccn1)CC2=O. The summed E-state index contributed by atoms with van der Waals surface area (Å²) in [6.45, 7) is 3.86. The topological polar surface area (TPSA) is 65.2 Å². The first-order valence-electron chi connectivity index (χ1n) is 6.58. The van der Waals surface area contributed by atoms with Crippen LogP contribution in [-0.2, 0) is 0 Å². The Hall–Kier alpha value is -2.36. The highest BCUT2D eigenvalue weighted by Crippen LogP contribution is 2.39. The van der Waals surface area contributed by atoms with Gasteiger partial charge in [-0.15, -0.1) is 0 Å². The van der Waals surface area contributed by atoms with Gasteiger partial charge in [0.15, 0.2) is 5.78 Å². The van der Waals surface area contributed by atoms with Crippen molar-refractivity contribution in [3.8, 4) is 5.75 Å². The number of carbonyl (C=O) groups is 1. The highest BCUT2D eigenvalue weighted by molar-refractivity contribution is 6.01. The number of pyridine rings is 1. The van der Waals surface area contributed by atoms with Crippen LogP contribution in [0.1, 0.15) is 39.7 Å². The van der Waals surface area contributed by atoms with Crippen molar-refractivity contribution in [1.82, 2.24) is 4.98 Å². The molecule has 0 aliphatic carbocycles. The lowest BCUT2D eigenvalue weighted by atomic mass is 9.93. The van der Waals surface area contributed by atoms with Crippen molar-refractivity contribution in [2.24, 2.45) is 0 Å². The van der Waals surface area contributed by atoms with E-state index in [0.29, 0.717) is 23.4 Å². The molecule has 1 atom stereocenters. The Morgan fingerprint density at radius 2 is 2.10 bits per heavy atom. The second-order valence-corrected chi connectivity index (χ2v) is 5.08. The molecule has 2 heterocycles. The van der Waals surface area contributed by atoms with Crippen molar-refractivity contribution in [2.75, 3.05) is 5.73 Å². The Labute approximate surface area is 117 Å². The summed E-state index contributed by atoms with van der Waals surface area (Å²) in [4.78, 5) is 16.6. The molecule has 0 radical (unpaired) electrons. The molecule has 1 aromatic heterocycles. The molecule has 0 saturated carbocycles. The number of nitrogens with zero attached hydrogens (tertiary/aromatic N) is 1. The van der Waals surface area contributed by atoms with Crippen molar-refractivity contribution in [3.63, 3.8) is 0 Å². The Balaban J connectivity index is 2.07. The minimum atomic E-state index is -0.321. The smallest absolute Gasteiger partial charge is 0.170 e. The summed E-state index contributed by atoms with van der Waals surface area (Å²) in [5.41, 5.74) is 9.81. The van der Waals surface area contributed by atoms with E-state index in [2.05, 4.69) is 4.98 Å². The predicted octanol–water partition coefficient (Wildman–Crippen LogP) is 2.99. The Morgan fingerprint density at radius 1 is 1.30 bits per heavy atom. The molecule has 1 aliphatic heterocycles. The van der Waals surface area contributed by atoms with Gasteiger partial charge in [0, 0.05) is 11.9 Å². The minimum Gasteiger partial charge on any atom is -0.483 e. The molecule has 0 spiro atoms. The lowest BCUT2D eigenvalue weighted by molar-refractivity contribution is 0.0843. The maximum Gasteiger partial charge on any atom is 0.170 e. The molecule has 102 valence electrons. The fourth-order valence-corrected chi connectivity index (χ4v) is 2.47. The minimum absolute atomic E-state index is 0.0525. The van der Waals surface area contributed by atoms with E-state index < -0.39 is 0 Å². The molecule has 4 nitrogen and oxygen atoms in total. The van der Waals surface area contributed by atoms with Crippen molar-refractivity contribution >= 4 is 11.5 Å². The number of ether oxygens (including phenoxy) is 1. The van der Waals surface area contributed by atoms with E-state index in [4.69, 9.17) is 10.5 Å². The Morgan fingerprint density at radius 3 is 2.80 bits per heavy atom. The molecule has 0 amide bonds. The standard InChI is InChI=1S/C16H16N2O2/c1-9-10(2)16-11(7-12(9)17)14(19)8-15(20-16)13-5-3-4-6-18-13/h3-7,15H,8,17H2,1-2H3. The first kappa shape index (κ1) is 12.7. The summed E-state index contributed by atoms with van der Waals surface area (Å²) in [6, 6.07) is 7.34. The van der Waals surface area contributed by atoms with Gasteiger partial charge in [0.1, 0.15) is 11.9 Å². The summed E-state index contributed by atoms with van der Waals surface area (Å²) in [5, 5.41) is 0. The molecule has 0 saturated heterocycles. The van der Waals surface area contributed by atoms with Gasteiger partial charge in [-0.25, -0.2) is 0 Å². The lowest BCUT2D eigenvalue weighted by Crippen LogP contribution is -2.22. The number of aromatic nitrogens is 1. The monoisotopic (exact) mass is 268 g/mol. The van der Waals surface area contributed by atoms with Crippen LogP contribution in [0.5, 0.6) is 5.75 Å². The van der Waals surface area contributed by atoms with Crippen LogP contribution in [0.25, 0.3) is 0 Å². The molecular formula is C16H16N2O2. The molecule has 1 aliphatic rings. The number of hydrogen-bond donors (Lipinski definition) is 1. The number of rotatable bonds is 1. The summed E-state index contributed by atoms with van der Waals surface area (Å²) < 4.78 is 6.02. The molecule has 3 rings (SSSR count). The van der Waals surface area contributed by atoms with E-state index in [1.54, 1.807) is 12.3 Å². The number of ketones is 1. The molecule has 0 fully saturated rings. The van der Waals surface area contributed by atoms with Crippen LogP contribution in [0.15, 0.2) is 30.5 Å². The summed E-state index contributed by atoms with van der Waals surface area (Å²) >= 11 is 0. The number of benzene rings is 1. The van der Waals surface area contributed by atoms with E-state index in [-0.39, 0.29) is 11.9 Å². The highest BCUT2D eigenvalue weighted by Gasteiger charge is 2.30. The summed E-state index contributed by atoms with van der Waals surface area (Å²) in [6.07, 6.45) is 1.68.